The molecule has 2 rings (SSSR count). The molecular formula is C13H16N2S. The number of anilines is 1. The van der Waals surface area contributed by atoms with E-state index in [1.165, 1.54) is 4.90 Å². The smallest absolute Gasteiger partial charge is 0.0717 e. The summed E-state index contributed by atoms with van der Waals surface area (Å²) < 4.78 is 0. The first-order valence-corrected chi connectivity index (χ1v) is 6.28. The number of pyridine rings is 1. The Hall–Kier alpha value is -1.22. The lowest BCUT2D eigenvalue weighted by Gasteiger charge is -2.10. The summed E-state index contributed by atoms with van der Waals surface area (Å²) in [6.07, 6.45) is 0. The van der Waals surface area contributed by atoms with Crippen LogP contribution >= 0.6 is 11.8 Å². The third-order valence-electron chi connectivity index (χ3n) is 2.29. The van der Waals surface area contributed by atoms with Gasteiger partial charge in [-0.2, -0.15) is 0 Å². The largest absolute Gasteiger partial charge is 0.399 e. The Labute approximate surface area is 100 Å². The summed E-state index contributed by atoms with van der Waals surface area (Å²) in [6, 6.07) is 8.03. The molecule has 0 unspecified atom stereocenters. The third kappa shape index (κ3) is 2.30. The molecule has 2 N–H and O–H groups in total. The molecule has 2 aromatic rings. The summed E-state index contributed by atoms with van der Waals surface area (Å²) in [5, 5.41) is 1.72. The van der Waals surface area contributed by atoms with Gasteiger partial charge in [-0.05, 0) is 31.2 Å². The number of fused-ring (bicyclic) bond motifs is 1. The van der Waals surface area contributed by atoms with Gasteiger partial charge >= 0.3 is 0 Å². The number of benzene rings is 1. The molecule has 0 radical (unpaired) electrons. The summed E-state index contributed by atoms with van der Waals surface area (Å²) >= 11 is 1.86. The number of thioether (sulfide) groups is 1. The van der Waals surface area contributed by atoms with Gasteiger partial charge in [0.25, 0.3) is 0 Å². The fourth-order valence-corrected chi connectivity index (χ4v) is 2.73. The van der Waals surface area contributed by atoms with E-state index >= 15 is 0 Å². The molecule has 0 atom stereocenters. The molecule has 0 amide bonds. The van der Waals surface area contributed by atoms with Crippen molar-refractivity contribution in [1.29, 1.82) is 0 Å². The average Bonchev–Trinajstić information content (AvgIpc) is 2.18. The fraction of sp³-hybridized carbons (Fsp3) is 0.308. The zero-order valence-electron chi connectivity index (χ0n) is 9.82. The van der Waals surface area contributed by atoms with Gasteiger partial charge < -0.3 is 5.73 Å². The maximum absolute atomic E-state index is 5.82. The predicted octanol–water partition coefficient (Wildman–Crippen LogP) is 3.63. The quantitative estimate of drug-likeness (QED) is 0.635. The summed E-state index contributed by atoms with van der Waals surface area (Å²) in [5.74, 6) is 0. The topological polar surface area (TPSA) is 38.9 Å². The highest BCUT2D eigenvalue weighted by atomic mass is 32.2. The number of nitrogens with zero attached hydrogens (tertiary/aromatic N) is 1. The van der Waals surface area contributed by atoms with Gasteiger partial charge in [-0.15, -0.1) is 11.8 Å². The van der Waals surface area contributed by atoms with Crippen LogP contribution in [-0.4, -0.2) is 10.2 Å². The first kappa shape index (κ1) is 11.3. The number of nitrogens with two attached hydrogens (primary N) is 1. The van der Waals surface area contributed by atoms with Crippen LogP contribution in [0.1, 0.15) is 19.5 Å². The van der Waals surface area contributed by atoms with Crippen LogP contribution in [0.15, 0.2) is 29.2 Å². The second-order valence-electron chi connectivity index (χ2n) is 4.20. The molecule has 0 aliphatic rings. The molecule has 1 aromatic carbocycles. The van der Waals surface area contributed by atoms with Gasteiger partial charge in [0, 0.05) is 26.9 Å². The molecule has 1 heterocycles. The van der Waals surface area contributed by atoms with Crippen molar-refractivity contribution in [2.24, 2.45) is 0 Å². The van der Waals surface area contributed by atoms with Crippen LogP contribution in [0.3, 0.4) is 0 Å². The molecule has 0 aliphatic carbocycles. The van der Waals surface area contributed by atoms with Crippen molar-refractivity contribution in [3.05, 3.63) is 30.0 Å². The zero-order chi connectivity index (χ0) is 11.7. The van der Waals surface area contributed by atoms with Crippen molar-refractivity contribution in [1.82, 2.24) is 4.98 Å². The van der Waals surface area contributed by atoms with Crippen molar-refractivity contribution in [2.45, 2.75) is 30.9 Å². The van der Waals surface area contributed by atoms with Crippen molar-refractivity contribution >= 4 is 28.4 Å². The Balaban J connectivity index is 2.64. The summed E-state index contributed by atoms with van der Waals surface area (Å²) in [6.45, 7) is 6.41. The minimum absolute atomic E-state index is 0.562. The van der Waals surface area contributed by atoms with Gasteiger partial charge in [0.15, 0.2) is 0 Å². The lowest BCUT2D eigenvalue weighted by Crippen LogP contribution is -1.92. The highest BCUT2D eigenvalue weighted by molar-refractivity contribution is 8.00. The number of rotatable bonds is 2. The predicted molar refractivity (Wildman–Crippen MR) is 71.9 cm³/mol. The van der Waals surface area contributed by atoms with E-state index in [0.29, 0.717) is 5.25 Å². The van der Waals surface area contributed by atoms with E-state index in [0.717, 1.165) is 22.3 Å². The van der Waals surface area contributed by atoms with E-state index < -0.39 is 0 Å². The normalized spacial score (nSPS) is 11.2. The average molecular weight is 232 g/mol. The monoisotopic (exact) mass is 232 g/mol. The van der Waals surface area contributed by atoms with Crippen molar-refractivity contribution in [3.8, 4) is 0 Å². The Kier molecular flexibility index (Phi) is 3.06. The van der Waals surface area contributed by atoms with Crippen LogP contribution in [0.4, 0.5) is 5.69 Å². The molecule has 0 saturated heterocycles. The molecular weight excluding hydrogens is 216 g/mol. The number of aromatic nitrogens is 1. The summed E-state index contributed by atoms with van der Waals surface area (Å²) in [7, 11) is 0. The maximum atomic E-state index is 5.82. The molecule has 0 spiro atoms. The Bertz CT molecular complexity index is 521. The van der Waals surface area contributed by atoms with Gasteiger partial charge in [0.05, 0.1) is 5.52 Å². The molecule has 0 saturated carbocycles. The standard InChI is InChI=1S/C13H16N2S/c1-8(2)16-13-6-9(3)15-12-5-4-10(14)7-11(12)13/h4-8H,14H2,1-3H3. The van der Waals surface area contributed by atoms with Crippen LogP contribution < -0.4 is 5.73 Å². The lowest BCUT2D eigenvalue weighted by molar-refractivity contribution is 1.11. The summed E-state index contributed by atoms with van der Waals surface area (Å²) in [4.78, 5) is 5.78. The number of aryl methyl sites for hydroxylation is 1. The molecule has 2 nitrogen and oxygen atoms in total. The molecule has 0 bridgehead atoms. The second-order valence-corrected chi connectivity index (χ2v) is 5.82. The van der Waals surface area contributed by atoms with E-state index in [-0.39, 0.29) is 0 Å². The van der Waals surface area contributed by atoms with Crippen LogP contribution in [0, 0.1) is 6.92 Å². The molecule has 3 heteroatoms. The minimum Gasteiger partial charge on any atom is -0.399 e. The molecule has 16 heavy (non-hydrogen) atoms. The Morgan fingerprint density at radius 1 is 1.25 bits per heavy atom. The van der Waals surface area contributed by atoms with Crippen LogP contribution in [0.2, 0.25) is 0 Å². The highest BCUT2D eigenvalue weighted by Gasteiger charge is 2.06. The molecule has 1 aromatic heterocycles. The third-order valence-corrected chi connectivity index (χ3v) is 3.35. The fourth-order valence-electron chi connectivity index (χ4n) is 1.69. The van der Waals surface area contributed by atoms with Crippen molar-refractivity contribution in [2.75, 3.05) is 5.73 Å². The van der Waals surface area contributed by atoms with Crippen LogP contribution in [0.5, 0.6) is 0 Å². The van der Waals surface area contributed by atoms with Gasteiger partial charge in [-0.3, -0.25) is 4.98 Å². The summed E-state index contributed by atoms with van der Waals surface area (Å²) in [5.41, 5.74) is 8.70. The zero-order valence-corrected chi connectivity index (χ0v) is 10.6. The van der Waals surface area contributed by atoms with Gasteiger partial charge in [-0.1, -0.05) is 13.8 Å². The van der Waals surface area contributed by atoms with Crippen molar-refractivity contribution in [3.63, 3.8) is 0 Å². The molecule has 84 valence electrons. The van der Waals surface area contributed by atoms with E-state index in [4.69, 9.17) is 5.73 Å². The van der Waals surface area contributed by atoms with Gasteiger partial charge in [0.1, 0.15) is 0 Å². The SMILES string of the molecule is Cc1cc(SC(C)C)c2cc(N)ccc2n1. The number of hydrogen-bond donors (Lipinski definition) is 1. The first-order valence-electron chi connectivity index (χ1n) is 5.40. The van der Waals surface area contributed by atoms with E-state index in [1.807, 2.05) is 36.9 Å². The minimum atomic E-state index is 0.562. The van der Waals surface area contributed by atoms with E-state index in [2.05, 4.69) is 24.9 Å². The van der Waals surface area contributed by atoms with E-state index in [9.17, 15) is 0 Å². The lowest BCUT2D eigenvalue weighted by atomic mass is 10.2. The van der Waals surface area contributed by atoms with Gasteiger partial charge in [-0.25, -0.2) is 0 Å². The van der Waals surface area contributed by atoms with E-state index in [1.54, 1.807) is 0 Å². The first-order chi connectivity index (χ1) is 7.56. The van der Waals surface area contributed by atoms with Crippen molar-refractivity contribution < 1.29 is 0 Å². The Morgan fingerprint density at radius 3 is 2.69 bits per heavy atom. The van der Waals surface area contributed by atoms with Crippen LogP contribution in [-0.2, 0) is 0 Å². The maximum Gasteiger partial charge on any atom is 0.0717 e. The highest BCUT2D eigenvalue weighted by Crippen LogP contribution is 2.31. The Morgan fingerprint density at radius 2 is 2.00 bits per heavy atom. The number of nitrogen functional groups attached to an aromatic ring is 1. The second kappa shape index (κ2) is 4.34. The number of hydrogen-bond acceptors (Lipinski definition) is 3. The molecule has 0 aliphatic heterocycles. The van der Waals surface area contributed by atoms with Crippen LogP contribution in [0.25, 0.3) is 10.9 Å². The van der Waals surface area contributed by atoms with Gasteiger partial charge in [0.2, 0.25) is 0 Å². The molecule has 0 fully saturated rings.